The number of rotatable bonds is 5. The maximum absolute atomic E-state index is 13.0. The van der Waals surface area contributed by atoms with Gasteiger partial charge in [0.2, 0.25) is 0 Å². The first-order valence-electron chi connectivity index (χ1n) is 10.8. The van der Waals surface area contributed by atoms with Gasteiger partial charge in [-0.05, 0) is 68.1 Å². The molecule has 3 aromatic heterocycles. The summed E-state index contributed by atoms with van der Waals surface area (Å²) in [6.45, 7) is 0.333. The van der Waals surface area contributed by atoms with Crippen molar-refractivity contribution in [1.82, 2.24) is 15.3 Å². The van der Waals surface area contributed by atoms with Crippen molar-refractivity contribution in [3.05, 3.63) is 48.2 Å². The molecule has 0 aromatic carbocycles. The van der Waals surface area contributed by atoms with Crippen LogP contribution in [0.1, 0.15) is 48.2 Å². The van der Waals surface area contributed by atoms with Gasteiger partial charge >= 0.3 is 0 Å². The van der Waals surface area contributed by atoms with Crippen molar-refractivity contribution in [1.29, 1.82) is 0 Å². The zero-order chi connectivity index (χ0) is 20.3. The number of aromatic nitrogens is 2. The Labute approximate surface area is 174 Å². The Hall–Kier alpha value is -2.80. The van der Waals surface area contributed by atoms with Gasteiger partial charge in [0, 0.05) is 23.8 Å². The highest BCUT2D eigenvalue weighted by molar-refractivity contribution is 6.06. The molecular formula is C23H26N4O3. The fourth-order valence-electron chi connectivity index (χ4n) is 6.40. The number of anilines is 1. The number of pyridine rings is 1. The van der Waals surface area contributed by atoms with Gasteiger partial charge < -0.3 is 25.1 Å². The van der Waals surface area contributed by atoms with Crippen molar-refractivity contribution in [3.63, 3.8) is 0 Å². The van der Waals surface area contributed by atoms with Crippen LogP contribution in [-0.2, 0) is 6.54 Å². The van der Waals surface area contributed by atoms with E-state index in [9.17, 15) is 9.90 Å². The summed E-state index contributed by atoms with van der Waals surface area (Å²) in [5.74, 6) is 2.07. The molecule has 0 radical (unpaired) electrons. The zero-order valence-corrected chi connectivity index (χ0v) is 16.7. The highest BCUT2D eigenvalue weighted by atomic mass is 16.3. The predicted molar refractivity (Wildman–Crippen MR) is 112 cm³/mol. The first-order chi connectivity index (χ1) is 14.6. The average molecular weight is 406 g/mol. The van der Waals surface area contributed by atoms with Crippen molar-refractivity contribution in [2.75, 3.05) is 5.32 Å². The fraction of sp³-hybridized carbons (Fsp3) is 0.478. The van der Waals surface area contributed by atoms with Gasteiger partial charge in [-0.3, -0.25) is 4.79 Å². The summed E-state index contributed by atoms with van der Waals surface area (Å²) in [6, 6.07) is 5.89. The molecule has 3 aromatic rings. The molecule has 7 rings (SSSR count). The summed E-state index contributed by atoms with van der Waals surface area (Å²) in [4.78, 5) is 20.6. The maximum atomic E-state index is 13.0. The van der Waals surface area contributed by atoms with Crippen LogP contribution in [0.3, 0.4) is 0 Å². The lowest BCUT2D eigenvalue weighted by Gasteiger charge is -2.58. The highest BCUT2D eigenvalue weighted by Gasteiger charge is 2.54. The number of carbonyl (C=O) groups excluding carboxylic acids is 1. The topological polar surface area (TPSA) is 103 Å². The Bertz CT molecular complexity index is 1070. The number of fused-ring (bicyclic) bond motifs is 1. The Balaban J connectivity index is 1.31. The van der Waals surface area contributed by atoms with E-state index in [0.717, 1.165) is 48.8 Å². The van der Waals surface area contributed by atoms with Crippen molar-refractivity contribution >= 4 is 22.6 Å². The van der Waals surface area contributed by atoms with E-state index < -0.39 is 5.60 Å². The summed E-state index contributed by atoms with van der Waals surface area (Å²) in [5.41, 5.74) is 1.67. The molecule has 2 unspecified atom stereocenters. The summed E-state index contributed by atoms with van der Waals surface area (Å²) in [6.07, 6.45) is 10.1. The van der Waals surface area contributed by atoms with E-state index in [2.05, 4.69) is 20.6 Å². The van der Waals surface area contributed by atoms with Crippen LogP contribution < -0.4 is 10.6 Å². The Kier molecular flexibility index (Phi) is 3.96. The summed E-state index contributed by atoms with van der Waals surface area (Å²) >= 11 is 0. The van der Waals surface area contributed by atoms with Gasteiger partial charge in [-0.2, -0.15) is 0 Å². The second kappa shape index (κ2) is 6.60. The molecule has 1 amide bonds. The molecular weight excluding hydrogens is 380 g/mol. The normalized spacial score (nSPS) is 31.9. The standard InChI is InChI=1S/C23H26N4O3/c28-22(26-11-16-2-1-5-30-16)18-12-25-21-17(3-4-24-21)20(18)27-19-14-6-13-7-15(19)10-23(29,8-13)9-14/h1-5,12-15,19,29H,6-11H2,(H,26,28)(H2,24,25,27)/t13?,14?,15?,19-,23+. The number of aromatic amines is 1. The summed E-state index contributed by atoms with van der Waals surface area (Å²) < 4.78 is 5.33. The van der Waals surface area contributed by atoms with Crippen molar-refractivity contribution in [3.8, 4) is 0 Å². The van der Waals surface area contributed by atoms with E-state index in [4.69, 9.17) is 4.42 Å². The highest BCUT2D eigenvalue weighted by Crippen LogP contribution is 2.56. The number of nitrogens with one attached hydrogen (secondary N) is 3. The smallest absolute Gasteiger partial charge is 0.255 e. The second-order valence-electron chi connectivity index (χ2n) is 9.41. The van der Waals surface area contributed by atoms with Crippen LogP contribution in [0, 0.1) is 17.8 Å². The van der Waals surface area contributed by atoms with E-state index in [-0.39, 0.29) is 11.9 Å². The first kappa shape index (κ1) is 18.0. The minimum atomic E-state index is -0.473. The monoisotopic (exact) mass is 406 g/mol. The second-order valence-corrected chi connectivity index (χ2v) is 9.41. The fourth-order valence-corrected chi connectivity index (χ4v) is 6.40. The third kappa shape index (κ3) is 2.91. The van der Waals surface area contributed by atoms with Crippen LogP contribution in [0.2, 0.25) is 0 Å². The van der Waals surface area contributed by atoms with E-state index in [1.54, 1.807) is 12.5 Å². The maximum Gasteiger partial charge on any atom is 0.255 e. The SMILES string of the molecule is O=C(NCc1ccco1)c1cnc2[nH]ccc2c1N[C@H]1C2CC3CC1C[C@@](O)(C3)C2. The van der Waals surface area contributed by atoms with Gasteiger partial charge in [0.15, 0.2) is 0 Å². The summed E-state index contributed by atoms with van der Waals surface area (Å²) in [5, 5.41) is 18.5. The molecule has 4 aliphatic carbocycles. The van der Waals surface area contributed by atoms with E-state index in [1.165, 1.54) is 0 Å². The molecule has 0 spiro atoms. The van der Waals surface area contributed by atoms with Crippen molar-refractivity contribution in [2.45, 2.75) is 50.3 Å². The number of nitrogens with zero attached hydrogens (tertiary/aromatic N) is 1. The van der Waals surface area contributed by atoms with Gasteiger partial charge in [-0.25, -0.2) is 4.98 Å². The molecule has 4 fully saturated rings. The number of amides is 1. The minimum Gasteiger partial charge on any atom is -0.467 e. The molecule has 3 heterocycles. The first-order valence-corrected chi connectivity index (χ1v) is 10.8. The molecule has 2 atom stereocenters. The molecule has 0 aliphatic heterocycles. The van der Waals surface area contributed by atoms with Crippen molar-refractivity contribution < 1.29 is 14.3 Å². The van der Waals surface area contributed by atoms with Gasteiger partial charge in [-0.1, -0.05) is 0 Å². The van der Waals surface area contributed by atoms with E-state index in [1.807, 2.05) is 24.4 Å². The van der Waals surface area contributed by atoms with E-state index in [0.29, 0.717) is 35.6 Å². The number of H-pyrrole nitrogens is 1. The molecule has 4 N–H and O–H groups in total. The van der Waals surface area contributed by atoms with Gasteiger partial charge in [0.05, 0.1) is 29.7 Å². The molecule has 4 aliphatic rings. The Morgan fingerprint density at radius 2 is 2.10 bits per heavy atom. The lowest BCUT2D eigenvalue weighted by molar-refractivity contribution is -0.129. The zero-order valence-electron chi connectivity index (χ0n) is 16.7. The molecule has 156 valence electrons. The van der Waals surface area contributed by atoms with Crippen LogP contribution in [-0.4, -0.2) is 32.6 Å². The average Bonchev–Trinajstić information content (AvgIpc) is 3.39. The number of hydrogen-bond donors (Lipinski definition) is 4. The molecule has 30 heavy (non-hydrogen) atoms. The van der Waals surface area contributed by atoms with Crippen LogP contribution >= 0.6 is 0 Å². The van der Waals surface area contributed by atoms with Crippen LogP contribution in [0.4, 0.5) is 5.69 Å². The number of aliphatic hydroxyl groups is 1. The van der Waals surface area contributed by atoms with Crippen molar-refractivity contribution in [2.24, 2.45) is 17.8 Å². The molecule has 4 bridgehead atoms. The van der Waals surface area contributed by atoms with Crippen LogP contribution in [0.25, 0.3) is 11.0 Å². The Morgan fingerprint density at radius 3 is 2.83 bits per heavy atom. The van der Waals surface area contributed by atoms with Crippen LogP contribution in [0.5, 0.6) is 0 Å². The number of furan rings is 1. The molecule has 7 nitrogen and oxygen atoms in total. The predicted octanol–water partition coefficient (Wildman–Crippen LogP) is 3.44. The summed E-state index contributed by atoms with van der Waals surface area (Å²) in [7, 11) is 0. The molecule has 0 saturated heterocycles. The number of carbonyl (C=O) groups is 1. The lowest BCUT2D eigenvalue weighted by Crippen LogP contribution is -2.59. The Morgan fingerprint density at radius 1 is 1.27 bits per heavy atom. The van der Waals surface area contributed by atoms with Gasteiger partial charge in [0.25, 0.3) is 5.91 Å². The van der Waals surface area contributed by atoms with E-state index >= 15 is 0 Å². The number of hydrogen-bond acceptors (Lipinski definition) is 5. The lowest BCUT2D eigenvalue weighted by atomic mass is 9.52. The van der Waals surface area contributed by atoms with Gasteiger partial charge in [-0.15, -0.1) is 0 Å². The van der Waals surface area contributed by atoms with Gasteiger partial charge in [0.1, 0.15) is 11.4 Å². The van der Waals surface area contributed by atoms with Crippen LogP contribution in [0.15, 0.2) is 41.3 Å². The molecule has 7 heteroatoms. The third-order valence-electron chi connectivity index (χ3n) is 7.39. The largest absolute Gasteiger partial charge is 0.467 e. The quantitative estimate of drug-likeness (QED) is 0.520. The minimum absolute atomic E-state index is 0.174. The molecule has 4 saturated carbocycles. The third-order valence-corrected chi connectivity index (χ3v) is 7.39.